The van der Waals surface area contributed by atoms with Crippen molar-refractivity contribution in [1.29, 1.82) is 0 Å². The van der Waals surface area contributed by atoms with Gasteiger partial charge in [0.25, 0.3) is 7.82 Å². The van der Waals surface area contributed by atoms with Crippen LogP contribution in [0, 0.1) is 0 Å². The third-order valence-corrected chi connectivity index (χ3v) is 6.58. The molecule has 0 N–H and O–H groups in total. The van der Waals surface area contributed by atoms with Crippen LogP contribution in [0.1, 0.15) is 97.3 Å². The van der Waals surface area contributed by atoms with Gasteiger partial charge in [-0.05, 0) is 32.1 Å². The van der Waals surface area contributed by atoms with Crippen molar-refractivity contribution in [1.82, 2.24) is 0 Å². The molecule has 0 aliphatic rings. The lowest BCUT2D eigenvalue weighted by molar-refractivity contribution is -0.870. The van der Waals surface area contributed by atoms with Gasteiger partial charge in [0.15, 0.2) is 0 Å². The van der Waals surface area contributed by atoms with Crippen LogP contribution in [0.2, 0.25) is 0 Å². The molecule has 8 nitrogen and oxygen atoms in total. The first kappa shape index (κ1) is 35.2. The molecule has 0 radical (unpaired) electrons. The molecule has 0 fully saturated rings. The predicted octanol–water partition coefficient (Wildman–Crippen LogP) is 5.79. The average Bonchev–Trinajstić information content (AvgIpc) is 2.78. The molecule has 0 saturated heterocycles. The maximum Gasteiger partial charge on any atom is 0.303 e. The Morgan fingerprint density at radius 3 is 1.94 bits per heavy atom. The Hall–Kier alpha value is -0.760. The van der Waals surface area contributed by atoms with E-state index in [-0.39, 0.29) is 19.8 Å². The van der Waals surface area contributed by atoms with E-state index in [9.17, 15) is 14.3 Å². The number of carbonyl (C=O) groups is 1. The van der Waals surface area contributed by atoms with Crippen molar-refractivity contribution in [2.24, 2.45) is 0 Å². The summed E-state index contributed by atoms with van der Waals surface area (Å²) in [7, 11) is 1.34. The minimum Gasteiger partial charge on any atom is -0.756 e. The van der Waals surface area contributed by atoms with Gasteiger partial charge in [-0.15, -0.1) is 0 Å². The van der Waals surface area contributed by atoms with Gasteiger partial charge >= 0.3 is 5.97 Å². The van der Waals surface area contributed by atoms with Crippen molar-refractivity contribution in [2.75, 3.05) is 54.1 Å². The van der Waals surface area contributed by atoms with Crippen LogP contribution in [-0.4, -0.2) is 70.7 Å². The fourth-order valence-electron chi connectivity index (χ4n) is 3.48. The Kier molecular flexibility index (Phi) is 21.8. The minimum absolute atomic E-state index is 0.0227. The van der Waals surface area contributed by atoms with Crippen LogP contribution >= 0.6 is 7.82 Å². The van der Waals surface area contributed by atoms with Crippen molar-refractivity contribution in [2.45, 2.75) is 103 Å². The number of phosphoric acid groups is 1. The summed E-state index contributed by atoms with van der Waals surface area (Å²) >= 11 is 0. The zero-order chi connectivity index (χ0) is 27.1. The Labute approximate surface area is 220 Å². The van der Waals surface area contributed by atoms with Crippen molar-refractivity contribution in [3.63, 3.8) is 0 Å². The van der Waals surface area contributed by atoms with Gasteiger partial charge in [0, 0.05) is 13.5 Å². The highest BCUT2D eigenvalue weighted by Gasteiger charge is 2.19. The lowest BCUT2D eigenvalue weighted by atomic mass is 10.1. The summed E-state index contributed by atoms with van der Waals surface area (Å²) in [4.78, 5) is 23.3. The number of likely N-dealkylation sites (N-methyl/N-ethyl adjacent to an activating group) is 1. The second kappa shape index (κ2) is 22.2. The summed E-state index contributed by atoms with van der Waals surface area (Å²) in [5.74, 6) is -0.513. The number of esters is 1. The zero-order valence-electron chi connectivity index (χ0n) is 23.7. The van der Waals surface area contributed by atoms with Gasteiger partial charge in [-0.2, -0.15) is 0 Å². The first-order valence-electron chi connectivity index (χ1n) is 13.9. The maximum absolute atomic E-state index is 11.9. The number of nitrogens with zero attached hydrogens (tertiary/aromatic N) is 1. The molecular weight excluding hydrogens is 481 g/mol. The lowest BCUT2D eigenvalue weighted by Gasteiger charge is -2.28. The molecule has 214 valence electrons. The van der Waals surface area contributed by atoms with Crippen molar-refractivity contribution >= 4 is 13.8 Å². The number of quaternary nitrogens is 1. The molecule has 0 aromatic rings. The SMILES string of the molecule is CCCCCCC/C=C\CCCCCCCCOCC(COP(=O)([O-])OCC[N+](C)(C)C)OC(C)=O. The molecule has 0 spiro atoms. The fraction of sp³-hybridized carbons (Fsp3) is 0.889. The molecule has 0 aromatic carbocycles. The highest BCUT2D eigenvalue weighted by molar-refractivity contribution is 7.45. The second-order valence-corrected chi connectivity index (χ2v) is 11.9. The van der Waals surface area contributed by atoms with E-state index in [1.54, 1.807) is 0 Å². The van der Waals surface area contributed by atoms with E-state index in [1.165, 1.54) is 77.6 Å². The van der Waals surface area contributed by atoms with Gasteiger partial charge in [-0.25, -0.2) is 0 Å². The number of hydrogen-bond acceptors (Lipinski definition) is 7. The van der Waals surface area contributed by atoms with Crippen molar-refractivity contribution in [3.05, 3.63) is 12.2 Å². The van der Waals surface area contributed by atoms with Crippen LogP contribution in [-0.2, 0) is 27.9 Å². The van der Waals surface area contributed by atoms with E-state index < -0.39 is 19.9 Å². The first-order chi connectivity index (χ1) is 17.1. The summed E-state index contributed by atoms with van der Waals surface area (Å²) < 4.78 is 33.0. The summed E-state index contributed by atoms with van der Waals surface area (Å²) in [5.41, 5.74) is 0. The second-order valence-electron chi connectivity index (χ2n) is 10.5. The van der Waals surface area contributed by atoms with Gasteiger partial charge in [0.2, 0.25) is 0 Å². The van der Waals surface area contributed by atoms with Crippen LogP contribution in [0.5, 0.6) is 0 Å². The molecule has 2 unspecified atom stereocenters. The van der Waals surface area contributed by atoms with Crippen LogP contribution in [0.3, 0.4) is 0 Å². The number of allylic oxidation sites excluding steroid dienone is 2. The molecule has 2 atom stereocenters. The molecule has 36 heavy (non-hydrogen) atoms. The van der Waals surface area contributed by atoms with E-state index in [0.717, 1.165) is 12.8 Å². The molecule has 0 saturated carbocycles. The van der Waals surface area contributed by atoms with Crippen LogP contribution in [0.25, 0.3) is 0 Å². The Bertz CT molecular complexity index is 607. The molecule has 0 bridgehead atoms. The largest absolute Gasteiger partial charge is 0.756 e. The molecule has 0 amide bonds. The third kappa shape index (κ3) is 26.3. The zero-order valence-corrected chi connectivity index (χ0v) is 24.6. The molecule has 0 aliphatic heterocycles. The van der Waals surface area contributed by atoms with Crippen LogP contribution < -0.4 is 4.89 Å². The highest BCUT2D eigenvalue weighted by atomic mass is 31.2. The first-order valence-corrected chi connectivity index (χ1v) is 15.3. The van der Waals surface area contributed by atoms with E-state index in [1.807, 2.05) is 21.1 Å². The van der Waals surface area contributed by atoms with Crippen molar-refractivity contribution in [3.8, 4) is 0 Å². The van der Waals surface area contributed by atoms with Gasteiger partial charge in [-0.1, -0.05) is 70.4 Å². The van der Waals surface area contributed by atoms with Gasteiger partial charge in [0.05, 0.1) is 34.4 Å². The summed E-state index contributed by atoms with van der Waals surface area (Å²) in [6.45, 7) is 4.36. The molecule has 0 aromatic heterocycles. The number of rotatable bonds is 25. The van der Waals surface area contributed by atoms with E-state index >= 15 is 0 Å². The maximum atomic E-state index is 11.9. The number of carbonyl (C=O) groups excluding carboxylic acids is 1. The number of phosphoric ester groups is 1. The summed E-state index contributed by atoms with van der Waals surface area (Å²) in [5, 5.41) is 0. The normalized spacial score (nSPS) is 14.7. The number of ether oxygens (including phenoxy) is 2. The quantitative estimate of drug-likeness (QED) is 0.0480. The molecule has 0 rings (SSSR count). The van der Waals surface area contributed by atoms with E-state index in [2.05, 4.69) is 19.1 Å². The summed E-state index contributed by atoms with van der Waals surface area (Å²) in [6, 6.07) is 0. The fourth-order valence-corrected chi connectivity index (χ4v) is 4.21. The standard InChI is InChI=1S/C27H54NO7P/c1-6-7-8-9-10-11-12-13-14-15-16-17-18-19-20-22-32-24-27(35-26(2)29)25-34-36(30,31)33-23-21-28(3,4)5/h12-13,27H,6-11,14-25H2,1-5H3/b13-12-. The Morgan fingerprint density at radius 1 is 0.833 bits per heavy atom. The van der Waals surface area contributed by atoms with Crippen LogP contribution in [0.4, 0.5) is 0 Å². The molecule has 0 aliphatic carbocycles. The summed E-state index contributed by atoms with van der Waals surface area (Å²) in [6.07, 6.45) is 19.9. The minimum atomic E-state index is -4.46. The highest BCUT2D eigenvalue weighted by Crippen LogP contribution is 2.38. The van der Waals surface area contributed by atoms with Crippen LogP contribution in [0.15, 0.2) is 12.2 Å². The Morgan fingerprint density at radius 2 is 1.39 bits per heavy atom. The molecular formula is C27H54NO7P. The average molecular weight is 536 g/mol. The molecule has 0 heterocycles. The van der Waals surface area contributed by atoms with Gasteiger partial charge < -0.3 is 27.9 Å². The smallest absolute Gasteiger partial charge is 0.303 e. The van der Waals surface area contributed by atoms with E-state index in [4.69, 9.17) is 18.5 Å². The number of unbranched alkanes of at least 4 members (excludes halogenated alkanes) is 11. The lowest BCUT2D eigenvalue weighted by Crippen LogP contribution is -2.37. The van der Waals surface area contributed by atoms with Crippen molar-refractivity contribution < 1.29 is 37.3 Å². The third-order valence-electron chi connectivity index (χ3n) is 5.62. The van der Waals surface area contributed by atoms with E-state index in [0.29, 0.717) is 17.6 Å². The number of hydrogen-bond donors (Lipinski definition) is 0. The predicted molar refractivity (Wildman–Crippen MR) is 144 cm³/mol. The topological polar surface area (TPSA) is 94.1 Å². The monoisotopic (exact) mass is 535 g/mol. The molecule has 9 heteroatoms. The Balaban J connectivity index is 3.80. The van der Waals surface area contributed by atoms with Gasteiger partial charge in [-0.3, -0.25) is 9.36 Å². The van der Waals surface area contributed by atoms with Gasteiger partial charge in [0.1, 0.15) is 19.3 Å².